The first-order chi connectivity index (χ1) is 10.5. The Bertz CT molecular complexity index is 737. The number of anilines is 1. The SMILES string of the molecule is COc1nc(-c2ccc(C)c(C)c2)cc(N)c1/C(Br)=N/PI. The van der Waals surface area contributed by atoms with E-state index in [9.17, 15) is 0 Å². The molecule has 2 aromatic rings. The molecule has 0 fully saturated rings. The fourth-order valence-corrected chi connectivity index (χ4v) is 4.61. The molecule has 1 aromatic carbocycles. The zero-order valence-electron chi connectivity index (χ0n) is 12.4. The van der Waals surface area contributed by atoms with Crippen molar-refractivity contribution in [1.29, 1.82) is 0 Å². The Kier molecular flexibility index (Phi) is 6.17. The largest absolute Gasteiger partial charge is 0.480 e. The van der Waals surface area contributed by atoms with Crippen molar-refractivity contribution in [2.75, 3.05) is 12.8 Å². The van der Waals surface area contributed by atoms with Gasteiger partial charge in [0.05, 0.1) is 24.7 Å². The van der Waals surface area contributed by atoms with Crippen LogP contribution in [0.15, 0.2) is 29.0 Å². The average Bonchev–Trinajstić information content (AvgIpc) is 2.49. The minimum Gasteiger partial charge on any atom is -0.480 e. The van der Waals surface area contributed by atoms with Crippen LogP contribution in [0.3, 0.4) is 0 Å². The molecule has 7 heteroatoms. The van der Waals surface area contributed by atoms with Crippen LogP contribution in [0.25, 0.3) is 11.3 Å². The maximum Gasteiger partial charge on any atom is 0.225 e. The van der Waals surface area contributed by atoms with E-state index >= 15 is 0 Å². The molecular formula is C15H16BrIN3OP. The monoisotopic (exact) mass is 491 g/mol. The number of nitrogens with two attached hydrogens (primary N) is 1. The predicted molar refractivity (Wildman–Crippen MR) is 108 cm³/mol. The molecule has 0 aliphatic heterocycles. The number of halogens is 2. The van der Waals surface area contributed by atoms with Crippen LogP contribution >= 0.6 is 44.3 Å². The minimum atomic E-state index is 0.397. The lowest BCUT2D eigenvalue weighted by molar-refractivity contribution is 0.398. The average molecular weight is 492 g/mol. The second kappa shape index (κ2) is 7.70. The summed E-state index contributed by atoms with van der Waals surface area (Å²) in [5, 5.41) is 0. The van der Waals surface area contributed by atoms with Gasteiger partial charge in [0, 0.05) is 11.3 Å². The molecule has 1 aromatic heterocycles. The molecule has 0 amide bonds. The Morgan fingerprint density at radius 2 is 2.05 bits per heavy atom. The summed E-state index contributed by atoms with van der Waals surface area (Å²) in [5.41, 5.74) is 11.8. The molecule has 0 saturated heterocycles. The molecule has 0 spiro atoms. The molecule has 0 aliphatic rings. The Morgan fingerprint density at radius 1 is 1.32 bits per heavy atom. The van der Waals surface area contributed by atoms with E-state index in [1.807, 2.05) is 12.1 Å². The molecule has 1 heterocycles. The van der Waals surface area contributed by atoms with Crippen molar-refractivity contribution in [3.8, 4) is 17.1 Å². The van der Waals surface area contributed by atoms with E-state index in [0.717, 1.165) is 11.3 Å². The topological polar surface area (TPSA) is 60.5 Å². The summed E-state index contributed by atoms with van der Waals surface area (Å²) < 4.78 is 10.4. The molecular weight excluding hydrogens is 476 g/mol. The number of aryl methyl sites for hydroxylation is 2. The number of nitrogen functional groups attached to an aromatic ring is 1. The summed E-state index contributed by atoms with van der Waals surface area (Å²) in [6, 6.07) is 8.08. The van der Waals surface area contributed by atoms with Crippen molar-refractivity contribution in [3.63, 3.8) is 0 Å². The van der Waals surface area contributed by atoms with Crippen molar-refractivity contribution >= 4 is 54.7 Å². The van der Waals surface area contributed by atoms with E-state index in [2.05, 4.69) is 73.7 Å². The van der Waals surface area contributed by atoms with Crippen LogP contribution in [0.2, 0.25) is 0 Å². The van der Waals surface area contributed by atoms with Crippen LogP contribution < -0.4 is 10.5 Å². The molecule has 1 unspecified atom stereocenters. The van der Waals surface area contributed by atoms with Gasteiger partial charge in [-0.05, 0) is 75.1 Å². The maximum atomic E-state index is 6.20. The van der Waals surface area contributed by atoms with Gasteiger partial charge in [-0.3, -0.25) is 0 Å². The van der Waals surface area contributed by atoms with Gasteiger partial charge >= 0.3 is 0 Å². The molecule has 116 valence electrons. The first-order valence-electron chi connectivity index (χ1n) is 6.49. The van der Waals surface area contributed by atoms with Gasteiger partial charge < -0.3 is 10.5 Å². The summed E-state index contributed by atoms with van der Waals surface area (Å²) in [6.45, 7) is 4.17. The van der Waals surface area contributed by atoms with E-state index in [4.69, 9.17) is 10.5 Å². The molecule has 2 rings (SSSR count). The van der Waals surface area contributed by atoms with Gasteiger partial charge in [-0.15, -0.1) is 0 Å². The lowest BCUT2D eigenvalue weighted by Gasteiger charge is -2.12. The third-order valence-electron chi connectivity index (χ3n) is 3.36. The zero-order valence-corrected chi connectivity index (χ0v) is 17.2. The van der Waals surface area contributed by atoms with Crippen molar-refractivity contribution in [2.24, 2.45) is 4.76 Å². The number of hydrogen-bond acceptors (Lipinski definition) is 4. The third-order valence-corrected chi connectivity index (χ3v) is 5.29. The molecule has 2 N–H and O–H groups in total. The van der Waals surface area contributed by atoms with E-state index in [0.29, 0.717) is 28.1 Å². The van der Waals surface area contributed by atoms with Gasteiger partial charge in [-0.1, -0.05) is 12.1 Å². The highest BCUT2D eigenvalue weighted by molar-refractivity contribution is 14.2. The highest BCUT2D eigenvalue weighted by atomic mass is 127. The van der Waals surface area contributed by atoms with Crippen molar-refractivity contribution < 1.29 is 4.74 Å². The van der Waals surface area contributed by atoms with Gasteiger partial charge in [0.25, 0.3) is 0 Å². The molecule has 0 radical (unpaired) electrons. The number of nitrogens with zero attached hydrogens (tertiary/aromatic N) is 2. The molecule has 0 aliphatic carbocycles. The van der Waals surface area contributed by atoms with Gasteiger partial charge in [0.1, 0.15) is 4.62 Å². The van der Waals surface area contributed by atoms with Crippen LogP contribution in [0.1, 0.15) is 16.7 Å². The standard InChI is InChI=1S/C15H16BrIN3OP/c1-8-4-5-10(6-9(8)2)12-7-11(18)13(14(16)20-22-17)15(19-12)21-3/h4-7,22H,1-3H3,(H2,18,19)/b20-14-. The smallest absolute Gasteiger partial charge is 0.225 e. The number of hydrogen-bond donors (Lipinski definition) is 1. The van der Waals surface area contributed by atoms with Crippen molar-refractivity contribution in [2.45, 2.75) is 13.8 Å². The molecule has 0 bridgehead atoms. The Hall–Kier alpha value is -0.720. The quantitative estimate of drug-likeness (QED) is 0.370. The molecule has 4 nitrogen and oxygen atoms in total. The normalized spacial score (nSPS) is 12.1. The van der Waals surface area contributed by atoms with Crippen molar-refractivity contribution in [1.82, 2.24) is 4.98 Å². The first kappa shape index (κ1) is 17.6. The molecule has 0 saturated carbocycles. The summed E-state index contributed by atoms with van der Waals surface area (Å²) >= 11 is 5.64. The third kappa shape index (κ3) is 3.78. The fourth-order valence-electron chi connectivity index (χ4n) is 2.04. The number of rotatable bonds is 4. The van der Waals surface area contributed by atoms with Crippen molar-refractivity contribution in [3.05, 3.63) is 41.0 Å². The van der Waals surface area contributed by atoms with Gasteiger partial charge in [-0.25, -0.2) is 9.75 Å². The highest BCUT2D eigenvalue weighted by Gasteiger charge is 2.16. The second-order valence-corrected chi connectivity index (χ2v) is 7.36. The van der Waals surface area contributed by atoms with Gasteiger partial charge in [0.2, 0.25) is 5.88 Å². The minimum absolute atomic E-state index is 0.397. The number of methoxy groups -OCH3 is 1. The second-order valence-electron chi connectivity index (χ2n) is 4.77. The Morgan fingerprint density at radius 3 is 2.64 bits per heavy atom. The first-order valence-corrected chi connectivity index (χ1v) is 11.3. The fraction of sp³-hybridized carbons (Fsp3) is 0.200. The summed E-state index contributed by atoms with van der Waals surface area (Å²) in [6.07, 6.45) is 0.397. The predicted octanol–water partition coefficient (Wildman–Crippen LogP) is 5.04. The van der Waals surface area contributed by atoms with Crippen LogP contribution in [0, 0.1) is 13.8 Å². The Labute approximate surface area is 153 Å². The number of pyridine rings is 1. The lowest BCUT2D eigenvalue weighted by atomic mass is 10.0. The molecule has 22 heavy (non-hydrogen) atoms. The van der Waals surface area contributed by atoms with Crippen LogP contribution in [0.5, 0.6) is 5.88 Å². The lowest BCUT2D eigenvalue weighted by Crippen LogP contribution is -2.05. The summed E-state index contributed by atoms with van der Waals surface area (Å²) in [4.78, 5) is 4.58. The highest BCUT2D eigenvalue weighted by Crippen LogP contribution is 2.33. The molecule has 1 atom stereocenters. The summed E-state index contributed by atoms with van der Waals surface area (Å²) in [5.74, 6) is 0.471. The van der Waals surface area contributed by atoms with E-state index in [-0.39, 0.29) is 0 Å². The van der Waals surface area contributed by atoms with Gasteiger partial charge in [0.15, 0.2) is 0 Å². The number of benzene rings is 1. The Balaban J connectivity index is 2.58. The number of ether oxygens (including phenoxy) is 1. The summed E-state index contributed by atoms with van der Waals surface area (Å²) in [7, 11) is 1.59. The van der Waals surface area contributed by atoms with Crippen LogP contribution in [0.4, 0.5) is 5.69 Å². The number of aromatic nitrogens is 1. The van der Waals surface area contributed by atoms with Gasteiger partial charge in [-0.2, -0.15) is 0 Å². The van der Waals surface area contributed by atoms with Crippen LogP contribution in [-0.2, 0) is 0 Å². The van der Waals surface area contributed by atoms with E-state index in [1.54, 1.807) is 7.11 Å². The zero-order chi connectivity index (χ0) is 16.3. The van der Waals surface area contributed by atoms with E-state index in [1.165, 1.54) is 11.1 Å². The van der Waals surface area contributed by atoms with E-state index < -0.39 is 0 Å². The maximum absolute atomic E-state index is 6.20. The van der Waals surface area contributed by atoms with Crippen LogP contribution in [-0.4, -0.2) is 16.7 Å².